The fourth-order valence-electron chi connectivity index (χ4n) is 2.84. The standard InChI is InChI=1S/C17H21N3OS/c1-11(2)20-10-18-19-17(20)22-12(3)16(21)15-8-7-13-5-4-6-14(13)9-15/h7-12H,4-6H2,1-3H3. The Hall–Kier alpha value is -1.62. The van der Waals surface area contributed by atoms with Crippen molar-refractivity contribution >= 4 is 17.5 Å². The Morgan fingerprint density at radius 3 is 2.77 bits per heavy atom. The smallest absolute Gasteiger partial charge is 0.191 e. The molecule has 0 aliphatic heterocycles. The zero-order valence-corrected chi connectivity index (χ0v) is 14.1. The van der Waals surface area contributed by atoms with Crippen molar-refractivity contribution in [2.45, 2.75) is 56.5 Å². The lowest BCUT2D eigenvalue weighted by Gasteiger charge is -2.13. The number of rotatable bonds is 5. The fourth-order valence-corrected chi connectivity index (χ4v) is 3.88. The largest absolute Gasteiger partial charge is 0.306 e. The number of Topliss-reactive ketones (excluding diaryl/α,β-unsaturated/α-hetero) is 1. The van der Waals surface area contributed by atoms with Crippen LogP contribution in [-0.4, -0.2) is 25.8 Å². The molecular weight excluding hydrogens is 294 g/mol. The summed E-state index contributed by atoms with van der Waals surface area (Å²) in [7, 11) is 0. The summed E-state index contributed by atoms with van der Waals surface area (Å²) < 4.78 is 2.00. The van der Waals surface area contributed by atoms with Crippen LogP contribution in [0.4, 0.5) is 0 Å². The van der Waals surface area contributed by atoms with Crippen LogP contribution >= 0.6 is 11.8 Å². The summed E-state index contributed by atoms with van der Waals surface area (Å²) in [5.74, 6) is 0.165. The van der Waals surface area contributed by atoms with Crippen molar-refractivity contribution < 1.29 is 4.79 Å². The maximum Gasteiger partial charge on any atom is 0.191 e. The van der Waals surface area contributed by atoms with Gasteiger partial charge in [-0.15, -0.1) is 10.2 Å². The molecule has 22 heavy (non-hydrogen) atoms. The van der Waals surface area contributed by atoms with Gasteiger partial charge in [-0.1, -0.05) is 23.9 Å². The Morgan fingerprint density at radius 1 is 1.23 bits per heavy atom. The highest BCUT2D eigenvalue weighted by Gasteiger charge is 2.21. The SMILES string of the molecule is CC(Sc1nncn1C(C)C)C(=O)c1ccc2c(c1)CCC2. The van der Waals surface area contributed by atoms with Crippen LogP contribution in [0.1, 0.15) is 54.7 Å². The predicted molar refractivity (Wildman–Crippen MR) is 88.5 cm³/mol. The number of hydrogen-bond donors (Lipinski definition) is 0. The third kappa shape index (κ3) is 2.95. The molecule has 0 spiro atoms. The first kappa shape index (κ1) is 15.3. The summed E-state index contributed by atoms with van der Waals surface area (Å²) in [5.41, 5.74) is 3.56. The van der Waals surface area contributed by atoms with E-state index in [-0.39, 0.29) is 11.0 Å². The molecule has 4 nitrogen and oxygen atoms in total. The number of fused-ring (bicyclic) bond motifs is 1. The molecule has 1 aromatic carbocycles. The molecule has 0 radical (unpaired) electrons. The molecule has 0 amide bonds. The van der Waals surface area contributed by atoms with E-state index < -0.39 is 0 Å². The van der Waals surface area contributed by atoms with Crippen LogP contribution in [0.15, 0.2) is 29.7 Å². The summed E-state index contributed by atoms with van der Waals surface area (Å²) >= 11 is 1.48. The van der Waals surface area contributed by atoms with Crippen LogP contribution in [0.25, 0.3) is 0 Å². The van der Waals surface area contributed by atoms with Gasteiger partial charge in [0.15, 0.2) is 10.9 Å². The van der Waals surface area contributed by atoms with Crippen LogP contribution in [0.2, 0.25) is 0 Å². The van der Waals surface area contributed by atoms with E-state index in [4.69, 9.17) is 0 Å². The monoisotopic (exact) mass is 315 g/mol. The van der Waals surface area contributed by atoms with Crippen molar-refractivity contribution in [1.82, 2.24) is 14.8 Å². The highest BCUT2D eigenvalue weighted by Crippen LogP contribution is 2.28. The summed E-state index contributed by atoms with van der Waals surface area (Å²) in [6.45, 7) is 6.11. The molecule has 0 saturated heterocycles. The van der Waals surface area contributed by atoms with E-state index in [1.165, 1.54) is 29.3 Å². The van der Waals surface area contributed by atoms with E-state index >= 15 is 0 Å². The molecule has 2 aromatic rings. The Kier molecular flexibility index (Phi) is 4.34. The van der Waals surface area contributed by atoms with Crippen molar-refractivity contribution in [3.63, 3.8) is 0 Å². The highest BCUT2D eigenvalue weighted by atomic mass is 32.2. The average molecular weight is 315 g/mol. The fraction of sp³-hybridized carbons (Fsp3) is 0.471. The maximum atomic E-state index is 12.7. The molecule has 1 aromatic heterocycles. The lowest BCUT2D eigenvalue weighted by atomic mass is 10.0. The van der Waals surface area contributed by atoms with Crippen LogP contribution in [0.3, 0.4) is 0 Å². The number of aromatic nitrogens is 3. The average Bonchev–Trinajstić information content (AvgIpc) is 3.13. The zero-order valence-electron chi connectivity index (χ0n) is 13.2. The maximum absolute atomic E-state index is 12.7. The van der Waals surface area contributed by atoms with E-state index in [2.05, 4.69) is 36.2 Å². The van der Waals surface area contributed by atoms with E-state index in [0.29, 0.717) is 6.04 Å². The number of benzene rings is 1. The second-order valence-electron chi connectivity index (χ2n) is 6.08. The molecule has 116 valence electrons. The number of carbonyl (C=O) groups excluding carboxylic acids is 1. The molecule has 0 fully saturated rings. The van der Waals surface area contributed by atoms with E-state index in [0.717, 1.165) is 23.6 Å². The number of carbonyl (C=O) groups is 1. The Bertz CT molecular complexity index is 693. The number of thioether (sulfide) groups is 1. The summed E-state index contributed by atoms with van der Waals surface area (Å²) in [6, 6.07) is 6.45. The van der Waals surface area contributed by atoms with Crippen LogP contribution in [-0.2, 0) is 12.8 Å². The highest BCUT2D eigenvalue weighted by molar-refractivity contribution is 8.00. The molecule has 1 atom stereocenters. The van der Waals surface area contributed by atoms with Gasteiger partial charge in [0.2, 0.25) is 0 Å². The first-order chi connectivity index (χ1) is 10.6. The van der Waals surface area contributed by atoms with Crippen molar-refractivity contribution in [1.29, 1.82) is 0 Å². The van der Waals surface area contributed by atoms with Crippen LogP contribution in [0, 0.1) is 0 Å². The van der Waals surface area contributed by atoms with Gasteiger partial charge in [-0.3, -0.25) is 4.79 Å². The first-order valence-corrected chi connectivity index (χ1v) is 8.66. The molecule has 1 heterocycles. The van der Waals surface area contributed by atoms with Gasteiger partial charge >= 0.3 is 0 Å². The molecule has 1 aliphatic carbocycles. The van der Waals surface area contributed by atoms with Crippen molar-refractivity contribution in [2.24, 2.45) is 0 Å². The molecule has 1 aliphatic rings. The molecular formula is C17H21N3OS. The summed E-state index contributed by atoms with van der Waals surface area (Å²) in [6.07, 6.45) is 5.17. The number of nitrogens with zero attached hydrogens (tertiary/aromatic N) is 3. The summed E-state index contributed by atoms with van der Waals surface area (Å²) in [5, 5.41) is 8.73. The lowest BCUT2D eigenvalue weighted by molar-refractivity contribution is 0.0993. The number of hydrogen-bond acceptors (Lipinski definition) is 4. The van der Waals surface area contributed by atoms with Gasteiger partial charge < -0.3 is 4.57 Å². The normalized spacial score (nSPS) is 15.1. The molecule has 0 bridgehead atoms. The number of ketones is 1. The molecule has 1 unspecified atom stereocenters. The zero-order chi connectivity index (χ0) is 15.7. The van der Waals surface area contributed by atoms with E-state index in [1.807, 2.05) is 17.6 Å². The lowest BCUT2D eigenvalue weighted by Crippen LogP contribution is -2.15. The molecule has 0 saturated carbocycles. The Labute approximate surface area is 135 Å². The minimum absolute atomic E-state index is 0.165. The molecule has 0 N–H and O–H groups in total. The molecule has 5 heteroatoms. The van der Waals surface area contributed by atoms with Gasteiger partial charge in [-0.2, -0.15) is 0 Å². The van der Waals surface area contributed by atoms with Gasteiger partial charge in [-0.25, -0.2) is 0 Å². The van der Waals surface area contributed by atoms with Crippen LogP contribution in [0.5, 0.6) is 0 Å². The molecule has 3 rings (SSSR count). The van der Waals surface area contributed by atoms with Crippen molar-refractivity contribution in [3.8, 4) is 0 Å². The Morgan fingerprint density at radius 2 is 2.00 bits per heavy atom. The van der Waals surface area contributed by atoms with Crippen LogP contribution < -0.4 is 0 Å². The third-order valence-corrected chi connectivity index (χ3v) is 5.20. The second-order valence-corrected chi connectivity index (χ2v) is 7.38. The minimum Gasteiger partial charge on any atom is -0.306 e. The topological polar surface area (TPSA) is 47.8 Å². The van der Waals surface area contributed by atoms with Gasteiger partial charge in [0.25, 0.3) is 0 Å². The Balaban J connectivity index is 1.76. The number of aryl methyl sites for hydroxylation is 2. The van der Waals surface area contributed by atoms with Gasteiger partial charge in [0.05, 0.1) is 5.25 Å². The van der Waals surface area contributed by atoms with Gasteiger partial charge in [0, 0.05) is 11.6 Å². The third-order valence-electron chi connectivity index (χ3n) is 4.13. The van der Waals surface area contributed by atoms with Gasteiger partial charge in [-0.05, 0) is 57.2 Å². The predicted octanol–water partition coefficient (Wildman–Crippen LogP) is 3.71. The van der Waals surface area contributed by atoms with Crippen molar-refractivity contribution in [2.75, 3.05) is 0 Å². The first-order valence-electron chi connectivity index (χ1n) is 7.78. The summed E-state index contributed by atoms with van der Waals surface area (Å²) in [4.78, 5) is 12.7. The minimum atomic E-state index is -0.166. The quantitative estimate of drug-likeness (QED) is 0.623. The van der Waals surface area contributed by atoms with E-state index in [1.54, 1.807) is 6.33 Å². The van der Waals surface area contributed by atoms with E-state index in [9.17, 15) is 4.79 Å². The van der Waals surface area contributed by atoms with Crippen molar-refractivity contribution in [3.05, 3.63) is 41.2 Å². The van der Waals surface area contributed by atoms with Gasteiger partial charge in [0.1, 0.15) is 6.33 Å². The second kappa shape index (κ2) is 6.24.